The number of methoxy groups -OCH3 is 2. The van der Waals surface area contributed by atoms with Crippen molar-refractivity contribution in [1.82, 2.24) is 0 Å². The Morgan fingerprint density at radius 2 is 1.85 bits per heavy atom. The number of rotatable bonds is 7. The Morgan fingerprint density at radius 3 is 2.38 bits per heavy atom. The van der Waals surface area contributed by atoms with E-state index in [0.717, 1.165) is 16.0 Å². The lowest BCUT2D eigenvalue weighted by atomic mass is 10.1. The van der Waals surface area contributed by atoms with Gasteiger partial charge in [-0.2, -0.15) is 0 Å². The summed E-state index contributed by atoms with van der Waals surface area (Å²) in [5.41, 5.74) is 1.65. The summed E-state index contributed by atoms with van der Waals surface area (Å²) >= 11 is 1.57. The lowest BCUT2D eigenvalue weighted by molar-refractivity contribution is -0.126. The van der Waals surface area contributed by atoms with Crippen LogP contribution in [0.4, 0.5) is 8.78 Å². The molecule has 0 amide bonds. The van der Waals surface area contributed by atoms with E-state index in [1.807, 2.05) is 31.4 Å². The zero-order valence-electron chi connectivity index (χ0n) is 15.1. The minimum absolute atomic E-state index is 0.0915. The summed E-state index contributed by atoms with van der Waals surface area (Å²) in [6, 6.07) is 10.4. The Labute approximate surface area is 156 Å². The van der Waals surface area contributed by atoms with Crippen molar-refractivity contribution in [2.45, 2.75) is 24.9 Å². The van der Waals surface area contributed by atoms with Crippen molar-refractivity contribution in [1.29, 1.82) is 0 Å². The maximum atomic E-state index is 13.1. The van der Waals surface area contributed by atoms with Crippen molar-refractivity contribution in [3.63, 3.8) is 0 Å². The summed E-state index contributed by atoms with van der Waals surface area (Å²) in [5.74, 6) is 0.908. The van der Waals surface area contributed by atoms with E-state index in [2.05, 4.69) is 4.74 Å². The molecular weight excluding hydrogens is 362 g/mol. The molecule has 0 aliphatic carbocycles. The summed E-state index contributed by atoms with van der Waals surface area (Å²) in [5, 5.41) is 0. The molecule has 26 heavy (non-hydrogen) atoms. The molecule has 0 spiro atoms. The Kier molecular flexibility index (Phi) is 9.51. The van der Waals surface area contributed by atoms with Crippen LogP contribution in [0.5, 0.6) is 11.5 Å². The quantitative estimate of drug-likeness (QED) is 0.495. The summed E-state index contributed by atoms with van der Waals surface area (Å²) in [6.07, 6.45) is -0.608. The molecule has 0 saturated carbocycles. The van der Waals surface area contributed by atoms with Crippen molar-refractivity contribution in [2.24, 2.45) is 0 Å². The van der Waals surface area contributed by atoms with Crippen molar-refractivity contribution in [3.8, 4) is 11.5 Å². The number of hydrogen-bond acceptors (Lipinski definition) is 5. The van der Waals surface area contributed by atoms with Crippen LogP contribution in [-0.4, -0.2) is 26.9 Å². The molecule has 0 radical (unpaired) electrons. The molecule has 7 heteroatoms. The third-order valence-electron chi connectivity index (χ3n) is 3.40. The van der Waals surface area contributed by atoms with E-state index in [1.54, 1.807) is 31.0 Å². The maximum absolute atomic E-state index is 13.1. The molecule has 4 nitrogen and oxygen atoms in total. The average molecular weight is 384 g/mol. The van der Waals surface area contributed by atoms with Gasteiger partial charge in [-0.15, -0.1) is 11.8 Å². The fourth-order valence-corrected chi connectivity index (χ4v) is 2.79. The number of benzene rings is 2. The summed E-state index contributed by atoms with van der Waals surface area (Å²) in [4.78, 5) is 9.96. The highest BCUT2D eigenvalue weighted by molar-refractivity contribution is 7.98. The smallest absolute Gasteiger partial charge is 0.292 e. The molecule has 2 aromatic rings. The van der Waals surface area contributed by atoms with Crippen LogP contribution in [0.1, 0.15) is 23.1 Å². The fourth-order valence-electron chi connectivity index (χ4n) is 2.17. The zero-order valence-corrected chi connectivity index (χ0v) is 15.9. The Hall–Kier alpha value is -2.28. The van der Waals surface area contributed by atoms with Gasteiger partial charge in [0.1, 0.15) is 18.1 Å². The highest BCUT2D eigenvalue weighted by Gasteiger charge is 2.16. The molecule has 142 valence electrons. The second-order valence-electron chi connectivity index (χ2n) is 5.10. The molecule has 0 fully saturated rings. The van der Waals surface area contributed by atoms with Crippen LogP contribution in [0.3, 0.4) is 0 Å². The third kappa shape index (κ3) is 6.22. The molecule has 0 N–H and O–H groups in total. The normalized spacial score (nSPS) is 9.96. The monoisotopic (exact) mass is 384 g/mol. The molecule has 2 rings (SSSR count). The number of alkyl halides is 2. The van der Waals surface area contributed by atoms with Crippen LogP contribution in [0.25, 0.3) is 0 Å². The summed E-state index contributed by atoms with van der Waals surface area (Å²) in [7, 11) is 2.90. The van der Waals surface area contributed by atoms with E-state index < -0.39 is 6.43 Å². The molecule has 0 unspecified atom stereocenters. The van der Waals surface area contributed by atoms with Gasteiger partial charge in [0.15, 0.2) is 0 Å². The second-order valence-corrected chi connectivity index (χ2v) is 5.95. The van der Waals surface area contributed by atoms with Crippen molar-refractivity contribution < 1.29 is 27.8 Å². The van der Waals surface area contributed by atoms with Gasteiger partial charge < -0.3 is 14.2 Å². The maximum Gasteiger partial charge on any atom is 0.292 e. The minimum atomic E-state index is -2.56. The number of thioether (sulfide) groups is 1. The van der Waals surface area contributed by atoms with Crippen LogP contribution in [0, 0.1) is 6.92 Å². The van der Waals surface area contributed by atoms with E-state index >= 15 is 0 Å². The largest absolute Gasteiger partial charge is 0.496 e. The van der Waals surface area contributed by atoms with E-state index in [4.69, 9.17) is 14.3 Å². The summed E-state index contributed by atoms with van der Waals surface area (Å²) in [6.45, 7) is 2.40. The standard InChI is InChI=1S/C17H18F2O2S.C2H4O2/c1-11-7-8-12(17(18)19)15(9-11)21-10-13-14(20-2)5-4-6-16(13)22-3;1-4-2-3/h4-9,17H,10H2,1-3H3;2H,1H3. The van der Waals surface area contributed by atoms with Gasteiger partial charge in [0.05, 0.1) is 19.8 Å². The molecule has 0 bridgehead atoms. The Morgan fingerprint density at radius 1 is 1.15 bits per heavy atom. The van der Waals surface area contributed by atoms with Crippen LogP contribution in [0.2, 0.25) is 0 Å². The molecule has 0 aliphatic rings. The first-order valence-corrected chi connectivity index (χ1v) is 8.88. The van der Waals surface area contributed by atoms with Crippen molar-refractivity contribution in [2.75, 3.05) is 20.5 Å². The zero-order chi connectivity index (χ0) is 19.5. The molecule has 0 aromatic heterocycles. The molecule has 0 saturated heterocycles. The molecule has 2 aromatic carbocycles. The van der Waals surface area contributed by atoms with E-state index in [-0.39, 0.29) is 17.9 Å². The molecular formula is C19H22F2O4S. The molecule has 0 aliphatic heterocycles. The number of halogens is 2. The molecule has 0 heterocycles. The molecule has 0 atom stereocenters. The SMILES string of the molecule is COC=O.COc1cccc(SC)c1COc1cc(C)ccc1C(F)F. The predicted molar refractivity (Wildman–Crippen MR) is 98.3 cm³/mol. The Balaban J connectivity index is 0.000000765. The number of aryl methyl sites for hydroxylation is 1. The highest BCUT2D eigenvalue weighted by atomic mass is 32.2. The number of ether oxygens (including phenoxy) is 3. The van der Waals surface area contributed by atoms with Crippen molar-refractivity contribution >= 4 is 18.2 Å². The van der Waals surface area contributed by atoms with Gasteiger partial charge in [-0.25, -0.2) is 8.78 Å². The van der Waals surface area contributed by atoms with Gasteiger partial charge in [-0.05, 0) is 43.0 Å². The van der Waals surface area contributed by atoms with Crippen LogP contribution in [-0.2, 0) is 16.1 Å². The van der Waals surface area contributed by atoms with E-state index in [9.17, 15) is 8.78 Å². The topological polar surface area (TPSA) is 44.8 Å². The van der Waals surface area contributed by atoms with Gasteiger partial charge in [0, 0.05) is 10.5 Å². The van der Waals surface area contributed by atoms with Gasteiger partial charge in [0.2, 0.25) is 0 Å². The summed E-state index contributed by atoms with van der Waals surface area (Å²) < 4.78 is 41.0. The van der Waals surface area contributed by atoms with Gasteiger partial charge >= 0.3 is 0 Å². The minimum Gasteiger partial charge on any atom is -0.496 e. The van der Waals surface area contributed by atoms with Crippen molar-refractivity contribution in [3.05, 3.63) is 53.1 Å². The number of hydrogen-bond donors (Lipinski definition) is 0. The first kappa shape index (κ1) is 21.8. The van der Waals surface area contributed by atoms with Crippen LogP contribution >= 0.6 is 11.8 Å². The van der Waals surface area contributed by atoms with Crippen LogP contribution < -0.4 is 9.47 Å². The first-order valence-electron chi connectivity index (χ1n) is 7.66. The van der Waals surface area contributed by atoms with E-state index in [1.165, 1.54) is 13.2 Å². The van der Waals surface area contributed by atoms with E-state index in [0.29, 0.717) is 12.2 Å². The predicted octanol–water partition coefficient (Wildman–Crippen LogP) is 5.03. The number of carbonyl (C=O) groups is 1. The third-order valence-corrected chi connectivity index (χ3v) is 4.22. The van der Waals surface area contributed by atoms with Gasteiger partial charge in [-0.3, -0.25) is 4.79 Å². The second kappa shape index (κ2) is 11.4. The Bertz CT molecular complexity index is 686. The first-order chi connectivity index (χ1) is 12.5. The average Bonchev–Trinajstić information content (AvgIpc) is 2.65. The lowest BCUT2D eigenvalue weighted by Gasteiger charge is -2.16. The van der Waals surface area contributed by atoms with Gasteiger partial charge in [0.25, 0.3) is 12.9 Å². The van der Waals surface area contributed by atoms with Gasteiger partial charge in [-0.1, -0.05) is 12.1 Å². The fraction of sp³-hybridized carbons (Fsp3) is 0.316. The highest BCUT2D eigenvalue weighted by Crippen LogP contribution is 2.33. The van der Waals surface area contributed by atoms with Crippen LogP contribution in [0.15, 0.2) is 41.3 Å². The number of carbonyl (C=O) groups excluding carboxylic acids is 1. The lowest BCUT2D eigenvalue weighted by Crippen LogP contribution is -2.03.